The van der Waals surface area contributed by atoms with Crippen LogP contribution in [0.5, 0.6) is 5.75 Å². The highest BCUT2D eigenvalue weighted by atomic mass is 16.6. The van der Waals surface area contributed by atoms with Gasteiger partial charge in [0.05, 0.1) is 24.1 Å². The average Bonchev–Trinajstić information content (AvgIpc) is 2.49. The lowest BCUT2D eigenvalue weighted by Gasteiger charge is -2.06. The van der Waals surface area contributed by atoms with E-state index in [0.717, 1.165) is 6.07 Å². The number of rotatable bonds is 6. The predicted molar refractivity (Wildman–Crippen MR) is 71.8 cm³/mol. The molecule has 0 aliphatic heterocycles. The van der Waals surface area contributed by atoms with Crippen LogP contribution in [0.25, 0.3) is 0 Å². The third-order valence-electron chi connectivity index (χ3n) is 2.33. The molecule has 8 heteroatoms. The van der Waals surface area contributed by atoms with E-state index in [1.807, 2.05) is 0 Å². The Bertz CT molecular complexity index is 605. The zero-order valence-corrected chi connectivity index (χ0v) is 11.1. The van der Waals surface area contributed by atoms with Gasteiger partial charge in [0.25, 0.3) is 5.91 Å². The van der Waals surface area contributed by atoms with Crippen LogP contribution in [0.15, 0.2) is 18.2 Å². The van der Waals surface area contributed by atoms with Gasteiger partial charge in [0, 0.05) is 6.07 Å². The van der Waals surface area contributed by atoms with Gasteiger partial charge in [0.2, 0.25) is 0 Å². The first kappa shape index (κ1) is 16.0. The first-order valence-corrected chi connectivity index (χ1v) is 5.69. The molecule has 1 aromatic carbocycles. The summed E-state index contributed by atoms with van der Waals surface area (Å²) in [7, 11) is 1.27. The van der Waals surface area contributed by atoms with E-state index in [2.05, 4.69) is 11.2 Å². The quantitative estimate of drug-likeness (QED) is 0.354. The SMILES string of the molecule is C#CCNC(=O)COC(=O)c1ccc(OC)c([N+](=O)[O-])c1. The number of methoxy groups -OCH3 is 1. The van der Waals surface area contributed by atoms with E-state index in [1.54, 1.807) is 0 Å². The van der Waals surface area contributed by atoms with Crippen molar-refractivity contribution in [1.29, 1.82) is 0 Å². The number of terminal acetylenes is 1. The number of nitro groups is 1. The molecule has 0 aliphatic rings. The molecule has 1 aromatic rings. The molecule has 8 nitrogen and oxygen atoms in total. The molecule has 21 heavy (non-hydrogen) atoms. The molecule has 0 spiro atoms. The number of nitro benzene ring substituents is 1. The molecule has 110 valence electrons. The topological polar surface area (TPSA) is 108 Å². The van der Waals surface area contributed by atoms with Gasteiger partial charge in [-0.25, -0.2) is 4.79 Å². The van der Waals surface area contributed by atoms with Crippen LogP contribution in [0, 0.1) is 22.5 Å². The molecule has 0 aromatic heterocycles. The molecule has 0 bridgehead atoms. The van der Waals surface area contributed by atoms with Crippen LogP contribution in [-0.2, 0) is 9.53 Å². The van der Waals surface area contributed by atoms with Crippen LogP contribution < -0.4 is 10.1 Å². The van der Waals surface area contributed by atoms with Crippen LogP contribution in [0.4, 0.5) is 5.69 Å². The summed E-state index contributed by atoms with van der Waals surface area (Å²) in [5.74, 6) is 0.776. The number of nitrogens with one attached hydrogen (secondary N) is 1. The lowest BCUT2D eigenvalue weighted by Crippen LogP contribution is -2.29. The number of carbonyl (C=O) groups excluding carboxylic acids is 2. The standard InChI is InChI=1S/C13H12N2O6/c1-3-6-14-12(16)8-21-13(17)9-4-5-11(20-2)10(7-9)15(18)19/h1,4-5,7H,6,8H2,2H3,(H,14,16). The molecule has 0 heterocycles. The Hall–Kier alpha value is -3.08. The molecule has 0 aliphatic carbocycles. The molecule has 0 fully saturated rings. The van der Waals surface area contributed by atoms with E-state index in [4.69, 9.17) is 15.9 Å². The van der Waals surface area contributed by atoms with Crippen LogP contribution in [0.1, 0.15) is 10.4 Å². The van der Waals surface area contributed by atoms with E-state index in [-0.39, 0.29) is 23.5 Å². The maximum atomic E-state index is 11.7. The van der Waals surface area contributed by atoms with Gasteiger partial charge in [-0.2, -0.15) is 0 Å². The van der Waals surface area contributed by atoms with Gasteiger partial charge in [0.15, 0.2) is 12.4 Å². The monoisotopic (exact) mass is 292 g/mol. The fraction of sp³-hybridized carbons (Fsp3) is 0.231. The number of nitrogens with zero attached hydrogens (tertiary/aromatic N) is 1. The van der Waals surface area contributed by atoms with Crippen molar-refractivity contribution in [2.45, 2.75) is 0 Å². The fourth-order valence-electron chi connectivity index (χ4n) is 1.37. The number of hydrogen-bond donors (Lipinski definition) is 1. The number of hydrogen-bond acceptors (Lipinski definition) is 6. The zero-order valence-electron chi connectivity index (χ0n) is 11.1. The highest BCUT2D eigenvalue weighted by Gasteiger charge is 2.19. The molecule has 0 atom stereocenters. The molecular weight excluding hydrogens is 280 g/mol. The number of amides is 1. The first-order valence-electron chi connectivity index (χ1n) is 5.69. The molecule has 0 radical (unpaired) electrons. The second kappa shape index (κ2) is 7.49. The van der Waals surface area contributed by atoms with E-state index < -0.39 is 23.4 Å². The van der Waals surface area contributed by atoms with Crippen molar-refractivity contribution in [3.63, 3.8) is 0 Å². The molecule has 0 saturated heterocycles. The van der Waals surface area contributed by atoms with Gasteiger partial charge >= 0.3 is 11.7 Å². The predicted octanol–water partition coefficient (Wildman–Crippen LogP) is 0.510. The van der Waals surface area contributed by atoms with Crippen LogP contribution in [0.3, 0.4) is 0 Å². The summed E-state index contributed by atoms with van der Waals surface area (Å²) in [5.41, 5.74) is -0.434. The maximum Gasteiger partial charge on any atom is 0.338 e. The molecular formula is C13H12N2O6. The Balaban J connectivity index is 2.75. The van der Waals surface area contributed by atoms with Crippen molar-refractivity contribution in [2.24, 2.45) is 0 Å². The highest BCUT2D eigenvalue weighted by molar-refractivity contribution is 5.92. The van der Waals surface area contributed by atoms with E-state index in [9.17, 15) is 19.7 Å². The summed E-state index contributed by atoms with van der Waals surface area (Å²) in [6.07, 6.45) is 4.95. The third kappa shape index (κ3) is 4.50. The lowest BCUT2D eigenvalue weighted by atomic mass is 10.2. The van der Waals surface area contributed by atoms with Gasteiger partial charge in [-0.15, -0.1) is 6.42 Å². The second-order valence-corrected chi connectivity index (χ2v) is 3.70. The minimum absolute atomic E-state index is 0.0170. The summed E-state index contributed by atoms with van der Waals surface area (Å²) in [4.78, 5) is 33.0. The number of esters is 1. The van der Waals surface area contributed by atoms with E-state index in [0.29, 0.717) is 0 Å². The van der Waals surface area contributed by atoms with Crippen molar-refractivity contribution in [1.82, 2.24) is 5.32 Å². The van der Waals surface area contributed by atoms with Crippen molar-refractivity contribution in [3.8, 4) is 18.1 Å². The molecule has 0 unspecified atom stereocenters. The number of benzene rings is 1. The normalized spacial score (nSPS) is 9.33. The van der Waals surface area contributed by atoms with E-state index in [1.165, 1.54) is 19.2 Å². The van der Waals surface area contributed by atoms with Gasteiger partial charge in [-0.3, -0.25) is 14.9 Å². The summed E-state index contributed by atoms with van der Waals surface area (Å²) >= 11 is 0. The number of carbonyl (C=O) groups is 2. The summed E-state index contributed by atoms with van der Waals surface area (Å²) < 4.78 is 9.52. The molecule has 1 rings (SSSR count). The largest absolute Gasteiger partial charge is 0.490 e. The first-order chi connectivity index (χ1) is 9.99. The summed E-state index contributed by atoms with van der Waals surface area (Å²) in [6.45, 7) is -0.509. The maximum absolute atomic E-state index is 11.7. The third-order valence-corrected chi connectivity index (χ3v) is 2.33. The molecule has 1 N–H and O–H groups in total. The zero-order chi connectivity index (χ0) is 15.8. The molecule has 1 amide bonds. The average molecular weight is 292 g/mol. The van der Waals surface area contributed by atoms with Gasteiger partial charge in [-0.05, 0) is 12.1 Å². The van der Waals surface area contributed by atoms with Crippen molar-refractivity contribution < 1.29 is 24.0 Å². The van der Waals surface area contributed by atoms with Crippen LogP contribution >= 0.6 is 0 Å². The van der Waals surface area contributed by atoms with Gasteiger partial charge in [-0.1, -0.05) is 5.92 Å². The Morgan fingerprint density at radius 1 is 1.48 bits per heavy atom. The minimum atomic E-state index is -0.864. The Morgan fingerprint density at radius 3 is 2.76 bits per heavy atom. The van der Waals surface area contributed by atoms with Crippen LogP contribution in [-0.4, -0.2) is 37.1 Å². The highest BCUT2D eigenvalue weighted by Crippen LogP contribution is 2.27. The summed E-state index contributed by atoms with van der Waals surface area (Å²) in [5, 5.41) is 13.1. The van der Waals surface area contributed by atoms with Crippen molar-refractivity contribution in [3.05, 3.63) is 33.9 Å². The Morgan fingerprint density at radius 2 is 2.19 bits per heavy atom. The fourth-order valence-corrected chi connectivity index (χ4v) is 1.37. The van der Waals surface area contributed by atoms with Crippen molar-refractivity contribution >= 4 is 17.6 Å². The van der Waals surface area contributed by atoms with Gasteiger partial charge < -0.3 is 14.8 Å². The number of ether oxygens (including phenoxy) is 2. The second-order valence-electron chi connectivity index (χ2n) is 3.70. The minimum Gasteiger partial charge on any atom is -0.490 e. The molecule has 0 saturated carbocycles. The Kier molecular flexibility index (Phi) is 5.70. The summed E-state index contributed by atoms with van der Waals surface area (Å²) in [6, 6.07) is 3.58. The Labute approximate surface area is 120 Å². The van der Waals surface area contributed by atoms with E-state index >= 15 is 0 Å². The van der Waals surface area contributed by atoms with Crippen LogP contribution in [0.2, 0.25) is 0 Å². The van der Waals surface area contributed by atoms with Gasteiger partial charge in [0.1, 0.15) is 0 Å². The van der Waals surface area contributed by atoms with Crippen molar-refractivity contribution in [2.75, 3.05) is 20.3 Å². The smallest absolute Gasteiger partial charge is 0.338 e. The lowest BCUT2D eigenvalue weighted by molar-refractivity contribution is -0.385.